The van der Waals surface area contributed by atoms with Crippen LogP contribution in [0.15, 0.2) is 72.9 Å². The summed E-state index contributed by atoms with van der Waals surface area (Å²) in [5, 5.41) is 1.38. The predicted molar refractivity (Wildman–Crippen MR) is 119 cm³/mol. The van der Waals surface area contributed by atoms with Crippen molar-refractivity contribution in [2.75, 3.05) is 19.7 Å². The average Bonchev–Trinajstić information content (AvgIpc) is 2.75. The van der Waals surface area contributed by atoms with E-state index in [4.69, 9.17) is 27.9 Å². The highest BCUT2D eigenvalue weighted by atomic mass is 35.5. The number of benzene rings is 2. The summed E-state index contributed by atoms with van der Waals surface area (Å²) in [5.41, 5.74) is 2.66. The molecule has 1 unspecified atom stereocenters. The van der Waals surface area contributed by atoms with E-state index < -0.39 is 0 Å². The van der Waals surface area contributed by atoms with Crippen LogP contribution in [0, 0.1) is 5.92 Å². The number of halogens is 2. The average molecular weight is 427 g/mol. The second kappa shape index (κ2) is 9.62. The van der Waals surface area contributed by atoms with Crippen molar-refractivity contribution in [1.29, 1.82) is 0 Å². The zero-order valence-electron chi connectivity index (χ0n) is 16.2. The van der Waals surface area contributed by atoms with Crippen LogP contribution in [-0.2, 0) is 6.54 Å². The Balaban J connectivity index is 1.47. The molecule has 29 heavy (non-hydrogen) atoms. The van der Waals surface area contributed by atoms with Gasteiger partial charge in [0.15, 0.2) is 0 Å². The first-order chi connectivity index (χ1) is 14.2. The van der Waals surface area contributed by atoms with Gasteiger partial charge in [-0.2, -0.15) is 0 Å². The molecule has 1 fully saturated rings. The van der Waals surface area contributed by atoms with Crippen LogP contribution in [0.4, 0.5) is 0 Å². The maximum absolute atomic E-state index is 6.12. The van der Waals surface area contributed by atoms with Gasteiger partial charge in [-0.3, -0.25) is 4.90 Å². The van der Waals surface area contributed by atoms with E-state index in [2.05, 4.69) is 52.3 Å². The smallest absolute Gasteiger partial charge is 0.213 e. The normalized spacial score (nSPS) is 19.8. The van der Waals surface area contributed by atoms with Crippen LogP contribution in [0.25, 0.3) is 0 Å². The third-order valence-electron chi connectivity index (χ3n) is 5.53. The zero-order valence-corrected chi connectivity index (χ0v) is 17.7. The first-order valence-electron chi connectivity index (χ1n) is 9.93. The van der Waals surface area contributed by atoms with Crippen molar-refractivity contribution in [2.24, 2.45) is 5.92 Å². The van der Waals surface area contributed by atoms with E-state index in [1.807, 2.05) is 24.3 Å². The van der Waals surface area contributed by atoms with Crippen molar-refractivity contribution in [2.45, 2.75) is 18.9 Å². The minimum absolute atomic E-state index is 0.386. The van der Waals surface area contributed by atoms with Gasteiger partial charge in [0, 0.05) is 42.2 Å². The van der Waals surface area contributed by atoms with Crippen molar-refractivity contribution in [3.63, 3.8) is 0 Å². The molecule has 0 aliphatic carbocycles. The fraction of sp³-hybridized carbons (Fsp3) is 0.292. The zero-order chi connectivity index (χ0) is 20.1. The van der Waals surface area contributed by atoms with Gasteiger partial charge >= 0.3 is 0 Å². The lowest BCUT2D eigenvalue weighted by molar-refractivity contribution is 0.112. The van der Waals surface area contributed by atoms with E-state index in [-0.39, 0.29) is 0 Å². The Labute approximate surface area is 182 Å². The highest BCUT2D eigenvalue weighted by Crippen LogP contribution is 2.34. The lowest BCUT2D eigenvalue weighted by Gasteiger charge is -2.39. The van der Waals surface area contributed by atoms with Crippen molar-refractivity contribution in [3.8, 4) is 5.88 Å². The van der Waals surface area contributed by atoms with E-state index in [1.165, 1.54) is 11.1 Å². The minimum atomic E-state index is 0.386. The molecular weight excluding hydrogens is 403 g/mol. The number of piperidine rings is 1. The third kappa shape index (κ3) is 5.51. The van der Waals surface area contributed by atoms with Crippen molar-refractivity contribution in [3.05, 3.63) is 94.1 Å². The Hall–Kier alpha value is -2.07. The summed E-state index contributed by atoms with van der Waals surface area (Å²) in [6, 6.07) is 22.5. The van der Waals surface area contributed by atoms with E-state index in [0.29, 0.717) is 29.3 Å². The maximum Gasteiger partial charge on any atom is 0.213 e. The van der Waals surface area contributed by atoms with Crippen molar-refractivity contribution in [1.82, 2.24) is 9.88 Å². The number of aromatic nitrogens is 1. The van der Waals surface area contributed by atoms with E-state index in [1.54, 1.807) is 6.20 Å². The molecule has 0 bridgehead atoms. The molecule has 3 aromatic rings. The number of pyridine rings is 1. The number of ether oxygens (including phenoxy) is 1. The van der Waals surface area contributed by atoms with Gasteiger partial charge < -0.3 is 4.74 Å². The fourth-order valence-electron chi connectivity index (χ4n) is 3.98. The van der Waals surface area contributed by atoms with Gasteiger partial charge in [-0.1, -0.05) is 65.7 Å². The second-order valence-corrected chi connectivity index (χ2v) is 8.43. The molecule has 2 atom stereocenters. The summed E-state index contributed by atoms with van der Waals surface area (Å²) in [4.78, 5) is 6.79. The SMILES string of the molecule is Clc1ccc(C2CN(Cc3ccccc3)CC[C@H]2COc2ccc(Cl)cn2)cc1. The van der Waals surface area contributed by atoms with E-state index in [0.717, 1.165) is 31.1 Å². The molecule has 150 valence electrons. The fourth-order valence-corrected chi connectivity index (χ4v) is 4.22. The molecule has 0 saturated carbocycles. The lowest BCUT2D eigenvalue weighted by atomic mass is 9.81. The molecule has 4 rings (SSSR count). The summed E-state index contributed by atoms with van der Waals surface area (Å²) >= 11 is 12.0. The summed E-state index contributed by atoms with van der Waals surface area (Å²) in [6.45, 7) is 3.66. The molecule has 3 nitrogen and oxygen atoms in total. The second-order valence-electron chi connectivity index (χ2n) is 7.55. The molecule has 0 amide bonds. The van der Waals surface area contributed by atoms with Gasteiger partial charge in [-0.05, 0) is 42.3 Å². The molecule has 0 N–H and O–H groups in total. The monoisotopic (exact) mass is 426 g/mol. The van der Waals surface area contributed by atoms with Crippen LogP contribution in [0.2, 0.25) is 10.0 Å². The Morgan fingerprint density at radius 3 is 2.41 bits per heavy atom. The molecule has 2 aromatic carbocycles. The summed E-state index contributed by atoms with van der Waals surface area (Å²) in [7, 11) is 0. The quantitative estimate of drug-likeness (QED) is 0.477. The molecule has 1 aliphatic heterocycles. The number of hydrogen-bond donors (Lipinski definition) is 0. The number of nitrogens with zero attached hydrogens (tertiary/aromatic N) is 2. The van der Waals surface area contributed by atoms with Gasteiger partial charge in [-0.15, -0.1) is 0 Å². The van der Waals surface area contributed by atoms with Crippen LogP contribution in [0.1, 0.15) is 23.5 Å². The van der Waals surface area contributed by atoms with Crippen molar-refractivity contribution >= 4 is 23.2 Å². The topological polar surface area (TPSA) is 25.4 Å². The van der Waals surface area contributed by atoms with E-state index in [9.17, 15) is 0 Å². The third-order valence-corrected chi connectivity index (χ3v) is 6.01. The molecule has 1 aliphatic rings. The maximum atomic E-state index is 6.12. The lowest BCUT2D eigenvalue weighted by Crippen LogP contribution is -2.40. The van der Waals surface area contributed by atoms with Gasteiger partial charge in [0.2, 0.25) is 5.88 Å². The van der Waals surface area contributed by atoms with Gasteiger partial charge in [-0.25, -0.2) is 4.98 Å². The predicted octanol–water partition coefficient (Wildman–Crippen LogP) is 6.07. The Morgan fingerprint density at radius 1 is 0.931 bits per heavy atom. The number of likely N-dealkylation sites (tertiary alicyclic amines) is 1. The highest BCUT2D eigenvalue weighted by molar-refractivity contribution is 6.30. The van der Waals surface area contributed by atoms with Gasteiger partial charge in [0.25, 0.3) is 0 Å². The van der Waals surface area contributed by atoms with E-state index >= 15 is 0 Å². The Bertz CT molecular complexity index is 900. The molecule has 2 heterocycles. The van der Waals surface area contributed by atoms with Crippen LogP contribution >= 0.6 is 23.2 Å². The van der Waals surface area contributed by atoms with Crippen LogP contribution in [0.3, 0.4) is 0 Å². The van der Waals surface area contributed by atoms with Crippen LogP contribution in [-0.4, -0.2) is 29.6 Å². The molecule has 1 aromatic heterocycles. The largest absolute Gasteiger partial charge is 0.477 e. The van der Waals surface area contributed by atoms with Gasteiger partial charge in [0.1, 0.15) is 0 Å². The van der Waals surface area contributed by atoms with Gasteiger partial charge in [0.05, 0.1) is 11.6 Å². The Morgan fingerprint density at radius 2 is 1.69 bits per heavy atom. The summed E-state index contributed by atoms with van der Waals surface area (Å²) < 4.78 is 6.02. The molecule has 5 heteroatoms. The first kappa shape index (κ1) is 20.2. The number of rotatable bonds is 6. The summed E-state index contributed by atoms with van der Waals surface area (Å²) in [6.07, 6.45) is 2.70. The highest BCUT2D eigenvalue weighted by Gasteiger charge is 2.31. The Kier molecular flexibility index (Phi) is 6.70. The minimum Gasteiger partial charge on any atom is -0.477 e. The number of hydrogen-bond acceptors (Lipinski definition) is 3. The summed E-state index contributed by atoms with van der Waals surface area (Å²) in [5.74, 6) is 1.42. The molecule has 0 radical (unpaired) electrons. The van der Waals surface area contributed by atoms with Crippen molar-refractivity contribution < 1.29 is 4.74 Å². The van der Waals surface area contributed by atoms with Crippen LogP contribution < -0.4 is 4.74 Å². The van der Waals surface area contributed by atoms with Crippen LogP contribution in [0.5, 0.6) is 5.88 Å². The molecular formula is C24H24Cl2N2O. The standard InChI is InChI=1S/C24H24Cl2N2O/c25-21-8-6-19(7-9-21)23-16-28(15-18-4-2-1-3-5-18)13-12-20(23)17-29-24-11-10-22(26)14-27-24/h1-11,14,20,23H,12-13,15-17H2/t20-,23?/m0/s1. The molecule has 1 saturated heterocycles. The first-order valence-corrected chi connectivity index (χ1v) is 10.7. The molecule has 0 spiro atoms.